The lowest BCUT2D eigenvalue weighted by Gasteiger charge is -2.20. The number of nitrogens with zero attached hydrogens (tertiary/aromatic N) is 1. The van der Waals surface area contributed by atoms with Gasteiger partial charge >= 0.3 is 5.97 Å². The van der Waals surface area contributed by atoms with E-state index in [1.165, 1.54) is 6.20 Å². The Balaban J connectivity index is 3.02. The molecule has 1 heterocycles. The standard InChI is InChI=1S/C10H11BrClNO2/c1-10(2,3)15-9(14)7-6(12)4-5-13-8(7)11/h4-5H,1-3H3. The fourth-order valence-electron chi connectivity index (χ4n) is 0.925. The lowest BCUT2D eigenvalue weighted by Crippen LogP contribution is -2.24. The minimum atomic E-state index is -0.546. The molecule has 0 aliphatic heterocycles. The van der Waals surface area contributed by atoms with Crippen LogP contribution in [0.15, 0.2) is 16.9 Å². The summed E-state index contributed by atoms with van der Waals surface area (Å²) >= 11 is 9.04. The molecule has 0 amide bonds. The van der Waals surface area contributed by atoms with E-state index in [9.17, 15) is 4.79 Å². The summed E-state index contributed by atoms with van der Waals surface area (Å²) in [6.45, 7) is 5.38. The van der Waals surface area contributed by atoms with Crippen LogP contribution in [0.25, 0.3) is 0 Å². The maximum atomic E-state index is 11.7. The maximum Gasteiger partial charge on any atom is 0.342 e. The number of ether oxygens (including phenoxy) is 1. The summed E-state index contributed by atoms with van der Waals surface area (Å²) in [5, 5.41) is 0.325. The van der Waals surface area contributed by atoms with E-state index in [0.29, 0.717) is 9.63 Å². The Kier molecular flexibility index (Phi) is 3.73. The van der Waals surface area contributed by atoms with Gasteiger partial charge in [0.25, 0.3) is 0 Å². The van der Waals surface area contributed by atoms with Crippen molar-refractivity contribution in [1.29, 1.82) is 0 Å². The SMILES string of the molecule is CC(C)(C)OC(=O)c1c(Cl)ccnc1Br. The first kappa shape index (κ1) is 12.5. The molecule has 0 atom stereocenters. The lowest BCUT2D eigenvalue weighted by atomic mass is 10.2. The van der Waals surface area contributed by atoms with Crippen molar-refractivity contribution < 1.29 is 9.53 Å². The molecule has 0 saturated heterocycles. The van der Waals surface area contributed by atoms with Gasteiger partial charge in [0, 0.05) is 6.20 Å². The molecule has 15 heavy (non-hydrogen) atoms. The molecule has 0 aromatic carbocycles. The van der Waals surface area contributed by atoms with Gasteiger partial charge in [-0.25, -0.2) is 9.78 Å². The number of halogens is 2. The Morgan fingerprint density at radius 3 is 2.60 bits per heavy atom. The number of rotatable bonds is 1. The van der Waals surface area contributed by atoms with Gasteiger partial charge in [-0.05, 0) is 42.8 Å². The second-order valence-corrected chi connectivity index (χ2v) is 5.12. The smallest absolute Gasteiger partial charge is 0.342 e. The van der Waals surface area contributed by atoms with E-state index in [4.69, 9.17) is 16.3 Å². The Bertz CT molecular complexity index is 367. The van der Waals surface area contributed by atoms with Gasteiger partial charge in [0.05, 0.1) is 5.02 Å². The van der Waals surface area contributed by atoms with Gasteiger partial charge in [-0.2, -0.15) is 0 Å². The Labute approximate surface area is 102 Å². The van der Waals surface area contributed by atoms with Crippen LogP contribution in [0, 0.1) is 0 Å². The van der Waals surface area contributed by atoms with Gasteiger partial charge in [-0.1, -0.05) is 11.6 Å². The van der Waals surface area contributed by atoms with Gasteiger partial charge in [-0.3, -0.25) is 0 Å². The molecule has 3 nitrogen and oxygen atoms in total. The van der Waals surface area contributed by atoms with Crippen molar-refractivity contribution in [3.05, 3.63) is 27.5 Å². The average Bonchev–Trinajstić information content (AvgIpc) is 1.99. The number of carbonyl (C=O) groups is 1. The third kappa shape index (κ3) is 3.47. The minimum Gasteiger partial charge on any atom is -0.456 e. The first-order chi connectivity index (χ1) is 6.81. The third-order valence-corrected chi connectivity index (χ3v) is 2.37. The summed E-state index contributed by atoms with van der Waals surface area (Å²) in [4.78, 5) is 15.6. The van der Waals surface area contributed by atoms with Crippen molar-refractivity contribution in [2.45, 2.75) is 26.4 Å². The highest BCUT2D eigenvalue weighted by molar-refractivity contribution is 9.10. The topological polar surface area (TPSA) is 39.2 Å². The van der Waals surface area contributed by atoms with Crippen LogP contribution in [0.5, 0.6) is 0 Å². The molecule has 0 spiro atoms. The summed E-state index contributed by atoms with van der Waals surface area (Å²) in [5.41, 5.74) is -0.288. The van der Waals surface area contributed by atoms with Crippen LogP contribution in [-0.2, 0) is 4.74 Å². The molecule has 1 aromatic heterocycles. The van der Waals surface area contributed by atoms with Gasteiger partial charge < -0.3 is 4.74 Å². The molecule has 0 aliphatic carbocycles. The number of carbonyl (C=O) groups excluding carboxylic acids is 1. The van der Waals surface area contributed by atoms with E-state index in [1.54, 1.807) is 26.8 Å². The van der Waals surface area contributed by atoms with Crippen molar-refractivity contribution in [2.24, 2.45) is 0 Å². The zero-order valence-corrected chi connectivity index (χ0v) is 11.0. The zero-order valence-electron chi connectivity index (χ0n) is 8.67. The maximum absolute atomic E-state index is 11.7. The first-order valence-electron chi connectivity index (χ1n) is 4.34. The summed E-state index contributed by atoms with van der Waals surface area (Å²) in [5.74, 6) is -0.479. The first-order valence-corrected chi connectivity index (χ1v) is 5.52. The highest BCUT2D eigenvalue weighted by atomic mass is 79.9. The predicted octanol–water partition coefficient (Wildman–Crippen LogP) is 3.45. The van der Waals surface area contributed by atoms with Gasteiger partial charge in [0.2, 0.25) is 0 Å². The number of pyridine rings is 1. The summed E-state index contributed by atoms with van der Waals surface area (Å²) in [7, 11) is 0. The van der Waals surface area contributed by atoms with Crippen LogP contribution in [0.1, 0.15) is 31.1 Å². The summed E-state index contributed by atoms with van der Waals surface area (Å²) in [6.07, 6.45) is 1.51. The largest absolute Gasteiger partial charge is 0.456 e. The molecule has 0 radical (unpaired) electrons. The Morgan fingerprint density at radius 1 is 1.53 bits per heavy atom. The molecular formula is C10H11BrClNO2. The van der Waals surface area contributed by atoms with Crippen molar-refractivity contribution in [3.63, 3.8) is 0 Å². The zero-order chi connectivity index (χ0) is 11.6. The van der Waals surface area contributed by atoms with E-state index >= 15 is 0 Å². The van der Waals surface area contributed by atoms with Crippen molar-refractivity contribution in [3.8, 4) is 0 Å². The molecule has 0 unspecified atom stereocenters. The highest BCUT2D eigenvalue weighted by Gasteiger charge is 2.22. The van der Waals surface area contributed by atoms with Crippen molar-refractivity contribution in [1.82, 2.24) is 4.98 Å². The molecule has 0 saturated carbocycles. The number of hydrogen-bond acceptors (Lipinski definition) is 3. The normalized spacial score (nSPS) is 11.3. The Morgan fingerprint density at radius 2 is 2.13 bits per heavy atom. The second kappa shape index (κ2) is 4.49. The molecule has 0 bridgehead atoms. The van der Waals surface area contributed by atoms with Crippen LogP contribution in [0.3, 0.4) is 0 Å². The molecule has 82 valence electrons. The van der Waals surface area contributed by atoms with Gasteiger partial charge in [0.1, 0.15) is 15.8 Å². The average molecular weight is 293 g/mol. The molecular weight excluding hydrogens is 281 g/mol. The number of esters is 1. The lowest BCUT2D eigenvalue weighted by molar-refractivity contribution is 0.00682. The monoisotopic (exact) mass is 291 g/mol. The molecule has 0 N–H and O–H groups in total. The summed E-state index contributed by atoms with van der Waals surface area (Å²) < 4.78 is 5.58. The van der Waals surface area contributed by atoms with Gasteiger partial charge in [0.15, 0.2) is 0 Å². The van der Waals surface area contributed by atoms with Crippen LogP contribution >= 0.6 is 27.5 Å². The predicted molar refractivity (Wildman–Crippen MR) is 62.1 cm³/mol. The van der Waals surface area contributed by atoms with E-state index in [1.807, 2.05) is 0 Å². The fourth-order valence-corrected chi connectivity index (χ4v) is 1.76. The third-order valence-electron chi connectivity index (χ3n) is 1.46. The second-order valence-electron chi connectivity index (χ2n) is 3.96. The molecule has 5 heteroatoms. The van der Waals surface area contributed by atoms with Gasteiger partial charge in [-0.15, -0.1) is 0 Å². The molecule has 0 fully saturated rings. The highest BCUT2D eigenvalue weighted by Crippen LogP contribution is 2.24. The van der Waals surface area contributed by atoms with E-state index in [-0.39, 0.29) is 5.56 Å². The van der Waals surface area contributed by atoms with E-state index < -0.39 is 11.6 Å². The fraction of sp³-hybridized carbons (Fsp3) is 0.400. The van der Waals surface area contributed by atoms with E-state index in [0.717, 1.165) is 0 Å². The Hall–Kier alpha value is -0.610. The summed E-state index contributed by atoms with van der Waals surface area (Å²) in [6, 6.07) is 1.55. The van der Waals surface area contributed by atoms with Crippen LogP contribution in [0.4, 0.5) is 0 Å². The van der Waals surface area contributed by atoms with Crippen LogP contribution in [-0.4, -0.2) is 16.6 Å². The number of hydrogen-bond donors (Lipinski definition) is 0. The van der Waals surface area contributed by atoms with Crippen LogP contribution < -0.4 is 0 Å². The van der Waals surface area contributed by atoms with Crippen LogP contribution in [0.2, 0.25) is 5.02 Å². The van der Waals surface area contributed by atoms with E-state index in [2.05, 4.69) is 20.9 Å². The number of aromatic nitrogens is 1. The van der Waals surface area contributed by atoms with Crippen molar-refractivity contribution in [2.75, 3.05) is 0 Å². The molecule has 1 aromatic rings. The quantitative estimate of drug-likeness (QED) is 0.588. The van der Waals surface area contributed by atoms with Crippen molar-refractivity contribution >= 4 is 33.5 Å². The minimum absolute atomic E-state index is 0.258. The molecule has 0 aliphatic rings. The molecule has 1 rings (SSSR count).